The fraction of sp³-hybridized carbons (Fsp3) is 0.857. The van der Waals surface area contributed by atoms with Gasteiger partial charge in [-0.1, -0.05) is 0 Å². The maximum atomic E-state index is 10.8. The van der Waals surface area contributed by atoms with E-state index in [2.05, 4.69) is 0 Å². The number of carbonyl (C=O) groups is 1. The molecule has 0 saturated carbocycles. The number of rotatable bonds is 1. The monoisotopic (exact) mass is 158 g/mol. The fourth-order valence-corrected chi connectivity index (χ4v) is 2.26. The Labute approximate surface area is 64.2 Å². The average molecular weight is 158 g/mol. The number of carboxylic acids is 1. The zero-order valence-corrected chi connectivity index (χ0v) is 6.16. The lowest BCUT2D eigenvalue weighted by Gasteiger charge is -2.16. The van der Waals surface area contributed by atoms with Gasteiger partial charge >= 0.3 is 5.97 Å². The SMILES string of the molecule is O=C(O)[C@@]12CC[C@@H]([NH2+]1)[C@H](O)C2. The van der Waals surface area contributed by atoms with Gasteiger partial charge in [0.05, 0.1) is 0 Å². The quantitative estimate of drug-likeness (QED) is 0.426. The molecule has 0 radical (unpaired) electrons. The second-order valence-corrected chi connectivity index (χ2v) is 3.60. The van der Waals surface area contributed by atoms with Gasteiger partial charge in [0.15, 0.2) is 5.54 Å². The average Bonchev–Trinajstić information content (AvgIpc) is 2.44. The van der Waals surface area contributed by atoms with E-state index in [9.17, 15) is 9.90 Å². The van der Waals surface area contributed by atoms with Crippen molar-refractivity contribution in [2.24, 2.45) is 0 Å². The van der Waals surface area contributed by atoms with Crippen molar-refractivity contribution in [3.63, 3.8) is 0 Å². The van der Waals surface area contributed by atoms with Gasteiger partial charge in [0, 0.05) is 19.3 Å². The summed E-state index contributed by atoms with van der Waals surface area (Å²) in [5, 5.41) is 20.0. The van der Waals surface area contributed by atoms with Crippen molar-refractivity contribution >= 4 is 5.97 Å². The van der Waals surface area contributed by atoms with Gasteiger partial charge in [-0.2, -0.15) is 0 Å². The number of hydrogen-bond acceptors (Lipinski definition) is 2. The van der Waals surface area contributed by atoms with Crippen LogP contribution < -0.4 is 5.32 Å². The maximum absolute atomic E-state index is 10.8. The third kappa shape index (κ3) is 0.795. The minimum absolute atomic E-state index is 0.145. The van der Waals surface area contributed by atoms with Gasteiger partial charge in [-0.3, -0.25) is 0 Å². The molecule has 2 saturated heterocycles. The first kappa shape index (κ1) is 7.06. The van der Waals surface area contributed by atoms with Gasteiger partial charge in [0.2, 0.25) is 0 Å². The van der Waals surface area contributed by atoms with Crippen molar-refractivity contribution < 1.29 is 20.3 Å². The molecule has 2 aliphatic rings. The summed E-state index contributed by atoms with van der Waals surface area (Å²) in [6.07, 6.45) is 1.57. The van der Waals surface area contributed by atoms with Crippen LogP contribution >= 0.6 is 0 Å². The van der Waals surface area contributed by atoms with E-state index < -0.39 is 17.6 Å². The molecule has 4 N–H and O–H groups in total. The molecule has 2 fully saturated rings. The molecule has 2 rings (SSSR count). The number of aliphatic hydroxyl groups excluding tert-OH is 1. The van der Waals surface area contributed by atoms with Crippen LogP contribution in [0.4, 0.5) is 0 Å². The molecule has 0 unspecified atom stereocenters. The first-order valence-electron chi connectivity index (χ1n) is 3.91. The van der Waals surface area contributed by atoms with Crippen molar-refractivity contribution in [1.29, 1.82) is 0 Å². The van der Waals surface area contributed by atoms with Crippen molar-refractivity contribution in [3.8, 4) is 0 Å². The van der Waals surface area contributed by atoms with Gasteiger partial charge < -0.3 is 15.5 Å². The number of fused-ring (bicyclic) bond motifs is 2. The minimum Gasteiger partial charge on any atom is -0.477 e. The van der Waals surface area contributed by atoms with Crippen LogP contribution in [0, 0.1) is 0 Å². The van der Waals surface area contributed by atoms with Crippen LogP contribution in [0.25, 0.3) is 0 Å². The molecule has 0 spiro atoms. The van der Waals surface area contributed by atoms with E-state index >= 15 is 0 Å². The Morgan fingerprint density at radius 2 is 2.36 bits per heavy atom. The summed E-state index contributed by atoms with van der Waals surface area (Å²) in [5.74, 6) is -0.767. The molecular formula is C7H12NO3+. The first-order valence-corrected chi connectivity index (χ1v) is 3.91. The largest absolute Gasteiger partial charge is 0.477 e. The second kappa shape index (κ2) is 1.95. The second-order valence-electron chi connectivity index (χ2n) is 3.60. The van der Waals surface area contributed by atoms with Crippen LogP contribution in [0.5, 0.6) is 0 Å². The Balaban J connectivity index is 2.23. The fourth-order valence-electron chi connectivity index (χ4n) is 2.26. The highest BCUT2D eigenvalue weighted by Crippen LogP contribution is 2.31. The van der Waals surface area contributed by atoms with Gasteiger partial charge in [0.25, 0.3) is 0 Å². The van der Waals surface area contributed by atoms with Crippen LogP contribution in [-0.2, 0) is 4.79 Å². The standard InChI is InChI=1S/C7H11NO3/c9-5-3-7(6(10)11)2-1-4(5)8-7/h4-5,8-9H,1-3H2,(H,10,11)/p+1/t4-,5-,7+/m1/s1. The van der Waals surface area contributed by atoms with E-state index in [1.54, 1.807) is 0 Å². The predicted octanol–water partition coefficient (Wildman–Crippen LogP) is -1.70. The topological polar surface area (TPSA) is 74.1 Å². The Morgan fingerprint density at radius 1 is 1.64 bits per heavy atom. The molecule has 62 valence electrons. The van der Waals surface area contributed by atoms with Crippen LogP contribution in [0.1, 0.15) is 19.3 Å². The molecule has 2 bridgehead atoms. The molecule has 0 amide bonds. The Kier molecular flexibility index (Phi) is 1.25. The third-order valence-electron chi connectivity index (χ3n) is 2.95. The lowest BCUT2D eigenvalue weighted by Crippen LogP contribution is -2.96. The summed E-state index contributed by atoms with van der Waals surface area (Å²) < 4.78 is 0. The molecule has 2 aliphatic heterocycles. The molecule has 4 heteroatoms. The van der Waals surface area contributed by atoms with Gasteiger partial charge in [0.1, 0.15) is 12.1 Å². The maximum Gasteiger partial charge on any atom is 0.365 e. The number of quaternary nitrogens is 1. The highest BCUT2D eigenvalue weighted by Gasteiger charge is 2.59. The number of nitrogens with two attached hydrogens (primary N) is 1. The van der Waals surface area contributed by atoms with E-state index in [-0.39, 0.29) is 6.04 Å². The normalized spacial score (nSPS) is 48.1. The van der Waals surface area contributed by atoms with Gasteiger partial charge in [-0.15, -0.1) is 0 Å². The smallest absolute Gasteiger partial charge is 0.365 e. The van der Waals surface area contributed by atoms with Crippen molar-refractivity contribution in [1.82, 2.24) is 0 Å². The highest BCUT2D eigenvalue weighted by atomic mass is 16.4. The zero-order chi connectivity index (χ0) is 8.06. The van der Waals surface area contributed by atoms with Crippen LogP contribution in [0.3, 0.4) is 0 Å². The lowest BCUT2D eigenvalue weighted by atomic mass is 9.86. The van der Waals surface area contributed by atoms with Gasteiger partial charge in [-0.05, 0) is 0 Å². The van der Waals surface area contributed by atoms with Crippen molar-refractivity contribution in [2.45, 2.75) is 36.9 Å². The molecule has 3 atom stereocenters. The Hall–Kier alpha value is -0.610. The highest BCUT2D eigenvalue weighted by molar-refractivity contribution is 5.77. The third-order valence-corrected chi connectivity index (χ3v) is 2.95. The molecule has 0 aliphatic carbocycles. The summed E-state index contributed by atoms with van der Waals surface area (Å²) in [7, 11) is 0. The molecular weight excluding hydrogens is 146 g/mol. The molecule has 2 heterocycles. The Morgan fingerprint density at radius 3 is 2.64 bits per heavy atom. The zero-order valence-electron chi connectivity index (χ0n) is 6.16. The first-order chi connectivity index (χ1) is 5.14. The summed E-state index contributed by atoms with van der Waals surface area (Å²) in [5.41, 5.74) is -0.677. The summed E-state index contributed by atoms with van der Waals surface area (Å²) in [6, 6.07) is 0.145. The number of aliphatic hydroxyl groups is 1. The van der Waals surface area contributed by atoms with E-state index in [4.69, 9.17) is 5.11 Å². The lowest BCUT2D eigenvalue weighted by molar-refractivity contribution is -0.706. The molecule has 0 aromatic rings. The molecule has 0 aromatic carbocycles. The minimum atomic E-state index is -0.767. The predicted molar refractivity (Wildman–Crippen MR) is 35.9 cm³/mol. The molecule has 0 aromatic heterocycles. The van der Waals surface area contributed by atoms with Crippen molar-refractivity contribution in [2.75, 3.05) is 0 Å². The molecule has 4 nitrogen and oxygen atoms in total. The number of carboxylic acid groups (broad SMARTS) is 1. The summed E-state index contributed by atoms with van der Waals surface area (Å²) in [4.78, 5) is 10.8. The van der Waals surface area contributed by atoms with E-state index in [0.717, 1.165) is 6.42 Å². The summed E-state index contributed by atoms with van der Waals surface area (Å²) in [6.45, 7) is 0. The van der Waals surface area contributed by atoms with Crippen molar-refractivity contribution in [3.05, 3.63) is 0 Å². The number of hydrogen-bond donors (Lipinski definition) is 3. The van der Waals surface area contributed by atoms with E-state index in [0.29, 0.717) is 12.8 Å². The Bertz CT molecular complexity index is 202. The van der Waals surface area contributed by atoms with Crippen LogP contribution in [-0.4, -0.2) is 33.9 Å². The van der Waals surface area contributed by atoms with Crippen LogP contribution in [0.15, 0.2) is 0 Å². The number of aliphatic carboxylic acids is 1. The molecule has 11 heavy (non-hydrogen) atoms. The van der Waals surface area contributed by atoms with Gasteiger partial charge in [-0.25, -0.2) is 4.79 Å². The summed E-state index contributed by atoms with van der Waals surface area (Å²) >= 11 is 0. The van der Waals surface area contributed by atoms with E-state index in [1.807, 2.05) is 5.32 Å². The van der Waals surface area contributed by atoms with E-state index in [1.165, 1.54) is 0 Å². The van der Waals surface area contributed by atoms with Crippen LogP contribution in [0.2, 0.25) is 0 Å².